The molecule has 1 fully saturated rings. The van der Waals surface area contributed by atoms with E-state index in [0.717, 1.165) is 25.9 Å². The molecule has 1 aliphatic rings. The summed E-state index contributed by atoms with van der Waals surface area (Å²) in [5, 5.41) is 2.92. The third-order valence-electron chi connectivity index (χ3n) is 2.82. The van der Waals surface area contributed by atoms with Crippen LogP contribution in [0, 0.1) is 0 Å². The van der Waals surface area contributed by atoms with Gasteiger partial charge in [0.2, 0.25) is 11.8 Å². The third kappa shape index (κ3) is 4.56. The highest BCUT2D eigenvalue weighted by molar-refractivity contribution is 5.85. The quantitative estimate of drug-likeness (QED) is 0.518. The van der Waals surface area contributed by atoms with Crippen molar-refractivity contribution in [3.63, 3.8) is 0 Å². The highest BCUT2D eigenvalue weighted by Gasteiger charge is 2.20. The summed E-state index contributed by atoms with van der Waals surface area (Å²) in [7, 11) is 1.66. The van der Waals surface area contributed by atoms with Crippen LogP contribution in [0.2, 0.25) is 0 Å². The Morgan fingerprint density at radius 1 is 1.41 bits per heavy atom. The summed E-state index contributed by atoms with van der Waals surface area (Å²) in [6, 6.07) is 0. The summed E-state index contributed by atoms with van der Waals surface area (Å²) in [5.74, 6) is -0.0264. The standard InChI is InChI=1S/C12H21N3O2/c1-3-6-13-9-11(16)14(2)10-12(17)15-7-4-5-8-15/h3,13H,1,4-10H2,2H3. The van der Waals surface area contributed by atoms with Crippen molar-refractivity contribution >= 4 is 11.8 Å². The van der Waals surface area contributed by atoms with Crippen molar-refractivity contribution in [1.82, 2.24) is 15.1 Å². The molecule has 0 saturated carbocycles. The second kappa shape index (κ2) is 7.06. The Morgan fingerprint density at radius 2 is 2.06 bits per heavy atom. The summed E-state index contributed by atoms with van der Waals surface area (Å²) in [4.78, 5) is 26.7. The first-order valence-corrected chi connectivity index (χ1v) is 5.98. The van der Waals surface area contributed by atoms with E-state index < -0.39 is 0 Å². The van der Waals surface area contributed by atoms with Crippen LogP contribution in [0.15, 0.2) is 12.7 Å². The SMILES string of the molecule is C=CCNCC(=O)N(C)CC(=O)N1CCCC1. The van der Waals surface area contributed by atoms with Gasteiger partial charge in [0, 0.05) is 26.7 Å². The fourth-order valence-corrected chi connectivity index (χ4v) is 1.77. The maximum Gasteiger partial charge on any atom is 0.242 e. The minimum atomic E-state index is -0.0700. The summed E-state index contributed by atoms with van der Waals surface area (Å²) in [5.41, 5.74) is 0. The number of amides is 2. The molecular formula is C12H21N3O2. The van der Waals surface area contributed by atoms with Crippen molar-refractivity contribution in [2.75, 3.05) is 39.8 Å². The zero-order valence-corrected chi connectivity index (χ0v) is 10.4. The predicted molar refractivity (Wildman–Crippen MR) is 66.5 cm³/mol. The van der Waals surface area contributed by atoms with Crippen molar-refractivity contribution < 1.29 is 9.59 Å². The fraction of sp³-hybridized carbons (Fsp3) is 0.667. The lowest BCUT2D eigenvalue weighted by molar-refractivity contribution is -0.138. The van der Waals surface area contributed by atoms with E-state index in [1.807, 2.05) is 4.90 Å². The van der Waals surface area contributed by atoms with Gasteiger partial charge < -0.3 is 15.1 Å². The molecule has 0 spiro atoms. The molecule has 96 valence electrons. The van der Waals surface area contributed by atoms with Gasteiger partial charge in [0.25, 0.3) is 0 Å². The van der Waals surface area contributed by atoms with Gasteiger partial charge in [0.1, 0.15) is 0 Å². The molecule has 0 atom stereocenters. The molecule has 0 aromatic carbocycles. The van der Waals surface area contributed by atoms with Crippen molar-refractivity contribution in [2.45, 2.75) is 12.8 Å². The number of likely N-dealkylation sites (N-methyl/N-ethyl adjacent to an activating group) is 1. The Hall–Kier alpha value is -1.36. The number of likely N-dealkylation sites (tertiary alicyclic amines) is 1. The van der Waals surface area contributed by atoms with E-state index in [1.54, 1.807) is 13.1 Å². The van der Waals surface area contributed by atoms with Crippen molar-refractivity contribution in [2.24, 2.45) is 0 Å². The number of rotatable bonds is 6. The summed E-state index contributed by atoms with van der Waals surface area (Å²) in [6.45, 7) is 6.23. The predicted octanol–water partition coefficient (Wildman–Crippen LogP) is -0.157. The van der Waals surface area contributed by atoms with Crippen molar-refractivity contribution in [3.8, 4) is 0 Å². The molecule has 0 aliphatic carbocycles. The van der Waals surface area contributed by atoms with E-state index in [4.69, 9.17) is 0 Å². The van der Waals surface area contributed by atoms with Crippen LogP contribution >= 0.6 is 0 Å². The van der Waals surface area contributed by atoms with Crippen LogP contribution < -0.4 is 5.32 Å². The van der Waals surface area contributed by atoms with E-state index in [-0.39, 0.29) is 24.9 Å². The lowest BCUT2D eigenvalue weighted by atomic mass is 10.4. The summed E-state index contributed by atoms with van der Waals surface area (Å²) >= 11 is 0. The maximum absolute atomic E-state index is 11.8. The average Bonchev–Trinajstić information content (AvgIpc) is 2.82. The molecule has 2 amide bonds. The molecule has 1 N–H and O–H groups in total. The van der Waals surface area contributed by atoms with E-state index in [2.05, 4.69) is 11.9 Å². The maximum atomic E-state index is 11.8. The molecular weight excluding hydrogens is 218 g/mol. The van der Waals surface area contributed by atoms with Crippen molar-refractivity contribution in [1.29, 1.82) is 0 Å². The van der Waals surface area contributed by atoms with Crippen LogP contribution in [0.5, 0.6) is 0 Å². The normalized spacial score (nSPS) is 14.8. The minimum absolute atomic E-state index is 0.0436. The highest BCUT2D eigenvalue weighted by atomic mass is 16.2. The lowest BCUT2D eigenvalue weighted by Crippen LogP contribution is -2.42. The van der Waals surface area contributed by atoms with E-state index in [9.17, 15) is 9.59 Å². The molecule has 0 unspecified atom stereocenters. The first-order chi connectivity index (χ1) is 8.15. The second-order valence-electron chi connectivity index (χ2n) is 4.26. The first-order valence-electron chi connectivity index (χ1n) is 5.98. The average molecular weight is 239 g/mol. The zero-order valence-electron chi connectivity index (χ0n) is 10.4. The topological polar surface area (TPSA) is 52.7 Å². The van der Waals surface area contributed by atoms with Gasteiger partial charge in [-0.2, -0.15) is 0 Å². The third-order valence-corrected chi connectivity index (χ3v) is 2.82. The van der Waals surface area contributed by atoms with Crippen LogP contribution in [0.3, 0.4) is 0 Å². The molecule has 0 aromatic rings. The molecule has 1 saturated heterocycles. The summed E-state index contributed by atoms with van der Waals surface area (Å²) in [6.07, 6.45) is 3.84. The molecule has 1 rings (SSSR count). The van der Waals surface area contributed by atoms with Crippen LogP contribution in [0.25, 0.3) is 0 Å². The van der Waals surface area contributed by atoms with Gasteiger partial charge in [-0.3, -0.25) is 9.59 Å². The Balaban J connectivity index is 2.26. The van der Waals surface area contributed by atoms with Gasteiger partial charge in [-0.25, -0.2) is 0 Å². The van der Waals surface area contributed by atoms with Gasteiger partial charge in [-0.05, 0) is 12.8 Å². The number of hydrogen-bond acceptors (Lipinski definition) is 3. The smallest absolute Gasteiger partial charge is 0.242 e. The van der Waals surface area contributed by atoms with Crippen LogP contribution in [0.1, 0.15) is 12.8 Å². The fourth-order valence-electron chi connectivity index (χ4n) is 1.77. The molecule has 1 heterocycles. The number of hydrogen-bond donors (Lipinski definition) is 1. The molecule has 1 aliphatic heterocycles. The molecule has 17 heavy (non-hydrogen) atoms. The van der Waals surface area contributed by atoms with Crippen LogP contribution in [-0.2, 0) is 9.59 Å². The molecule has 0 bridgehead atoms. The first kappa shape index (κ1) is 13.7. The largest absolute Gasteiger partial charge is 0.341 e. The van der Waals surface area contributed by atoms with Gasteiger partial charge in [0.05, 0.1) is 13.1 Å². The van der Waals surface area contributed by atoms with E-state index in [1.165, 1.54) is 4.90 Å². The number of nitrogens with zero attached hydrogens (tertiary/aromatic N) is 2. The molecule has 5 heteroatoms. The van der Waals surface area contributed by atoms with Gasteiger partial charge in [-0.15, -0.1) is 6.58 Å². The highest BCUT2D eigenvalue weighted by Crippen LogP contribution is 2.07. The Labute approximate surface area is 102 Å². The van der Waals surface area contributed by atoms with Gasteiger partial charge >= 0.3 is 0 Å². The Bertz CT molecular complexity index is 285. The van der Waals surface area contributed by atoms with Crippen LogP contribution in [0.4, 0.5) is 0 Å². The zero-order chi connectivity index (χ0) is 12.7. The number of nitrogens with one attached hydrogen (secondary N) is 1. The lowest BCUT2D eigenvalue weighted by Gasteiger charge is -2.21. The van der Waals surface area contributed by atoms with Gasteiger partial charge in [0.15, 0.2) is 0 Å². The number of carbonyl (C=O) groups excluding carboxylic acids is 2. The monoisotopic (exact) mass is 239 g/mol. The van der Waals surface area contributed by atoms with Gasteiger partial charge in [-0.1, -0.05) is 6.08 Å². The molecule has 0 radical (unpaired) electrons. The van der Waals surface area contributed by atoms with E-state index >= 15 is 0 Å². The number of carbonyl (C=O) groups is 2. The molecule has 0 aromatic heterocycles. The Kier molecular flexibility index (Phi) is 5.69. The minimum Gasteiger partial charge on any atom is -0.341 e. The molecule has 5 nitrogen and oxygen atoms in total. The Morgan fingerprint density at radius 3 is 2.65 bits per heavy atom. The van der Waals surface area contributed by atoms with Crippen LogP contribution in [-0.4, -0.2) is 61.4 Å². The van der Waals surface area contributed by atoms with Crippen molar-refractivity contribution in [3.05, 3.63) is 12.7 Å². The second-order valence-corrected chi connectivity index (χ2v) is 4.26. The summed E-state index contributed by atoms with van der Waals surface area (Å²) < 4.78 is 0. The van der Waals surface area contributed by atoms with E-state index in [0.29, 0.717) is 6.54 Å².